The van der Waals surface area contributed by atoms with E-state index in [4.69, 9.17) is 4.74 Å². The van der Waals surface area contributed by atoms with Crippen LogP contribution in [0, 0.1) is 5.92 Å². The number of hydrogen-bond acceptors (Lipinski definition) is 4. The minimum Gasteiger partial charge on any atom is -0.444 e. The highest BCUT2D eigenvalue weighted by atomic mass is 16.6. The SMILES string of the molecule is CCc1ccc(C(C(=O)NC2CCCCC2)N(C(=O)C(C)NC(=O)OC(C)(C)C)C2CC2C)cc1. The first-order valence-electron chi connectivity index (χ1n) is 13.2. The maximum atomic E-state index is 13.8. The van der Waals surface area contributed by atoms with Crippen LogP contribution in [-0.4, -0.2) is 46.5 Å². The van der Waals surface area contributed by atoms with Crippen LogP contribution >= 0.6 is 0 Å². The molecule has 0 aromatic heterocycles. The number of nitrogens with zero attached hydrogens (tertiary/aromatic N) is 1. The quantitative estimate of drug-likeness (QED) is 0.549. The highest BCUT2D eigenvalue weighted by Crippen LogP contribution is 2.41. The maximum absolute atomic E-state index is 13.8. The number of rotatable bonds is 8. The molecule has 2 aliphatic carbocycles. The molecule has 3 amide bonds. The molecule has 2 fully saturated rings. The highest BCUT2D eigenvalue weighted by molar-refractivity contribution is 5.92. The van der Waals surface area contributed by atoms with Crippen molar-refractivity contribution in [2.45, 2.75) is 116 Å². The van der Waals surface area contributed by atoms with Gasteiger partial charge in [-0.25, -0.2) is 4.79 Å². The van der Waals surface area contributed by atoms with Crippen LogP contribution in [0.3, 0.4) is 0 Å². The molecule has 0 heterocycles. The van der Waals surface area contributed by atoms with Crippen molar-refractivity contribution in [1.82, 2.24) is 15.5 Å². The van der Waals surface area contributed by atoms with Crippen molar-refractivity contribution in [2.24, 2.45) is 5.92 Å². The third-order valence-electron chi connectivity index (χ3n) is 6.96. The second-order valence-electron chi connectivity index (χ2n) is 11.2. The Balaban J connectivity index is 1.88. The average Bonchev–Trinajstić information content (AvgIpc) is 3.52. The first-order chi connectivity index (χ1) is 16.5. The first-order valence-corrected chi connectivity index (χ1v) is 13.2. The van der Waals surface area contributed by atoms with E-state index >= 15 is 0 Å². The minimum absolute atomic E-state index is 0.0432. The third kappa shape index (κ3) is 7.45. The van der Waals surface area contributed by atoms with Gasteiger partial charge in [0.2, 0.25) is 11.8 Å². The molecule has 2 N–H and O–H groups in total. The molecule has 0 saturated heterocycles. The number of benzene rings is 1. The van der Waals surface area contributed by atoms with Gasteiger partial charge in [0.25, 0.3) is 0 Å². The van der Waals surface area contributed by atoms with Gasteiger partial charge in [-0.1, -0.05) is 57.4 Å². The van der Waals surface area contributed by atoms with E-state index in [2.05, 4.69) is 24.5 Å². The van der Waals surface area contributed by atoms with Crippen LogP contribution < -0.4 is 10.6 Å². The molecule has 3 rings (SSSR count). The Bertz CT molecular complexity index is 886. The van der Waals surface area contributed by atoms with E-state index in [1.54, 1.807) is 32.6 Å². The summed E-state index contributed by atoms with van der Waals surface area (Å²) in [4.78, 5) is 41.6. The summed E-state index contributed by atoms with van der Waals surface area (Å²) in [5.41, 5.74) is 1.31. The van der Waals surface area contributed by atoms with E-state index in [1.165, 1.54) is 12.0 Å². The Hall–Kier alpha value is -2.57. The molecular formula is C28H43N3O4. The van der Waals surface area contributed by atoms with E-state index in [-0.39, 0.29) is 23.9 Å². The fraction of sp³-hybridized carbons (Fsp3) is 0.679. The molecule has 0 bridgehead atoms. The molecule has 4 atom stereocenters. The first kappa shape index (κ1) is 27.0. The normalized spacial score (nSPS) is 22.0. The summed E-state index contributed by atoms with van der Waals surface area (Å²) in [5, 5.41) is 5.92. The lowest BCUT2D eigenvalue weighted by atomic mass is 9.94. The number of amides is 3. The lowest BCUT2D eigenvalue weighted by Gasteiger charge is -2.35. The molecule has 35 heavy (non-hydrogen) atoms. The van der Waals surface area contributed by atoms with Crippen LogP contribution in [-0.2, 0) is 20.7 Å². The van der Waals surface area contributed by atoms with Crippen molar-refractivity contribution in [3.8, 4) is 0 Å². The number of hydrogen-bond donors (Lipinski definition) is 2. The zero-order chi connectivity index (χ0) is 25.8. The van der Waals surface area contributed by atoms with E-state index in [0.29, 0.717) is 5.92 Å². The summed E-state index contributed by atoms with van der Waals surface area (Å²) in [5.74, 6) is -0.112. The van der Waals surface area contributed by atoms with E-state index in [9.17, 15) is 14.4 Å². The Morgan fingerprint density at radius 3 is 2.20 bits per heavy atom. The molecule has 0 spiro atoms. The lowest BCUT2D eigenvalue weighted by Crippen LogP contribution is -2.54. The number of ether oxygens (including phenoxy) is 1. The number of nitrogens with one attached hydrogen (secondary N) is 2. The topological polar surface area (TPSA) is 87.7 Å². The average molecular weight is 486 g/mol. The van der Waals surface area contributed by atoms with Gasteiger partial charge in [-0.15, -0.1) is 0 Å². The molecule has 0 radical (unpaired) electrons. The van der Waals surface area contributed by atoms with Crippen molar-refractivity contribution < 1.29 is 19.1 Å². The van der Waals surface area contributed by atoms with Crippen LogP contribution in [0.25, 0.3) is 0 Å². The van der Waals surface area contributed by atoms with Crippen molar-refractivity contribution in [1.29, 1.82) is 0 Å². The molecule has 1 aromatic carbocycles. The second-order valence-corrected chi connectivity index (χ2v) is 11.2. The van der Waals surface area contributed by atoms with E-state index in [0.717, 1.165) is 44.1 Å². The summed E-state index contributed by atoms with van der Waals surface area (Å²) in [6, 6.07) is 6.50. The number of aryl methyl sites for hydroxylation is 1. The summed E-state index contributed by atoms with van der Waals surface area (Å²) in [6.07, 6.45) is 6.46. The van der Waals surface area contributed by atoms with Crippen molar-refractivity contribution in [3.63, 3.8) is 0 Å². The molecule has 2 aliphatic rings. The Morgan fingerprint density at radius 1 is 1.09 bits per heavy atom. The van der Waals surface area contributed by atoms with Crippen LogP contribution in [0.15, 0.2) is 24.3 Å². The minimum atomic E-state index is -0.822. The largest absolute Gasteiger partial charge is 0.444 e. The number of carbonyl (C=O) groups excluding carboxylic acids is 3. The Morgan fingerprint density at radius 2 is 1.69 bits per heavy atom. The van der Waals surface area contributed by atoms with Gasteiger partial charge in [0, 0.05) is 12.1 Å². The maximum Gasteiger partial charge on any atom is 0.408 e. The highest BCUT2D eigenvalue weighted by Gasteiger charge is 2.47. The van der Waals surface area contributed by atoms with Gasteiger partial charge < -0.3 is 20.3 Å². The van der Waals surface area contributed by atoms with Crippen molar-refractivity contribution in [3.05, 3.63) is 35.4 Å². The van der Waals surface area contributed by atoms with Crippen molar-refractivity contribution >= 4 is 17.9 Å². The van der Waals surface area contributed by atoms with Crippen molar-refractivity contribution in [2.75, 3.05) is 0 Å². The zero-order valence-electron chi connectivity index (χ0n) is 22.2. The second kappa shape index (κ2) is 11.4. The Kier molecular flexibility index (Phi) is 8.84. The van der Waals surface area contributed by atoms with Gasteiger partial charge in [-0.2, -0.15) is 0 Å². The van der Waals surface area contributed by atoms with E-state index in [1.807, 2.05) is 24.3 Å². The molecule has 7 nitrogen and oxygen atoms in total. The summed E-state index contributed by atoms with van der Waals surface area (Å²) >= 11 is 0. The molecule has 4 unspecified atom stereocenters. The van der Waals surface area contributed by atoms with Crippen LogP contribution in [0.1, 0.15) is 97.2 Å². The molecule has 194 valence electrons. The van der Waals surface area contributed by atoms with Gasteiger partial charge in [-0.05, 0) is 70.4 Å². The predicted molar refractivity (Wildman–Crippen MR) is 137 cm³/mol. The monoisotopic (exact) mass is 485 g/mol. The van der Waals surface area contributed by atoms with Gasteiger partial charge in [-0.3, -0.25) is 9.59 Å². The molecule has 7 heteroatoms. The number of carbonyl (C=O) groups is 3. The third-order valence-corrected chi connectivity index (χ3v) is 6.96. The molecular weight excluding hydrogens is 442 g/mol. The molecule has 2 saturated carbocycles. The standard InChI is InChI=1S/C28H43N3O4/c1-7-20-13-15-21(16-14-20)24(25(32)30-22-11-9-8-10-12-22)31(23-17-18(23)2)26(33)19(3)29-27(34)35-28(4,5)6/h13-16,18-19,22-24H,7-12,17H2,1-6H3,(H,29,34)(H,30,32). The fourth-order valence-corrected chi connectivity index (χ4v) is 4.84. The van der Waals surface area contributed by atoms with E-state index < -0.39 is 23.8 Å². The van der Waals surface area contributed by atoms with Crippen LogP contribution in [0.2, 0.25) is 0 Å². The summed E-state index contributed by atoms with van der Waals surface area (Å²) < 4.78 is 5.35. The summed E-state index contributed by atoms with van der Waals surface area (Å²) in [6.45, 7) is 11.2. The smallest absolute Gasteiger partial charge is 0.408 e. The van der Waals surface area contributed by atoms with Gasteiger partial charge in [0.15, 0.2) is 0 Å². The zero-order valence-corrected chi connectivity index (χ0v) is 22.2. The predicted octanol–water partition coefficient (Wildman–Crippen LogP) is 4.89. The lowest BCUT2D eigenvalue weighted by molar-refractivity contribution is -0.143. The van der Waals surface area contributed by atoms with Gasteiger partial charge >= 0.3 is 6.09 Å². The molecule has 1 aromatic rings. The Labute approximate surface area is 210 Å². The van der Waals surface area contributed by atoms with Gasteiger partial charge in [0.1, 0.15) is 17.7 Å². The van der Waals surface area contributed by atoms with Gasteiger partial charge in [0.05, 0.1) is 0 Å². The van der Waals surface area contributed by atoms with Crippen LogP contribution in [0.4, 0.5) is 4.79 Å². The number of alkyl carbamates (subject to hydrolysis) is 1. The summed E-state index contributed by atoms with van der Waals surface area (Å²) in [7, 11) is 0. The molecule has 0 aliphatic heterocycles. The fourth-order valence-electron chi connectivity index (χ4n) is 4.84. The van der Waals surface area contributed by atoms with Crippen LogP contribution in [0.5, 0.6) is 0 Å².